The van der Waals surface area contributed by atoms with Gasteiger partial charge < -0.3 is 5.32 Å². The summed E-state index contributed by atoms with van der Waals surface area (Å²) in [4.78, 5) is 12.1. The quantitative estimate of drug-likeness (QED) is 0.831. The van der Waals surface area contributed by atoms with Gasteiger partial charge in [0.25, 0.3) is 5.91 Å². The first-order chi connectivity index (χ1) is 8.16. The molecule has 2 rings (SSSR count). The SMILES string of the molecule is Cc1cccc(C(=O)N[C@H]2CCCC[C@@H]2C)c1. The average Bonchev–Trinajstić information content (AvgIpc) is 2.32. The molecule has 0 heterocycles. The number of carbonyl (C=O) groups excluding carboxylic acids is 1. The van der Waals surface area contributed by atoms with Gasteiger partial charge in [-0.3, -0.25) is 4.79 Å². The zero-order valence-electron chi connectivity index (χ0n) is 10.7. The summed E-state index contributed by atoms with van der Waals surface area (Å²) in [6, 6.07) is 8.14. The second-order valence-electron chi connectivity index (χ2n) is 5.21. The fraction of sp³-hybridized carbons (Fsp3) is 0.533. The fourth-order valence-corrected chi connectivity index (χ4v) is 2.57. The van der Waals surface area contributed by atoms with E-state index >= 15 is 0 Å². The Morgan fingerprint density at radius 2 is 2.06 bits per heavy atom. The predicted octanol–water partition coefficient (Wildman–Crippen LogP) is 3.30. The van der Waals surface area contributed by atoms with Crippen LogP contribution in [0.3, 0.4) is 0 Å². The Morgan fingerprint density at radius 1 is 1.29 bits per heavy atom. The number of benzene rings is 1. The van der Waals surface area contributed by atoms with E-state index in [9.17, 15) is 4.79 Å². The molecule has 1 fully saturated rings. The van der Waals surface area contributed by atoms with Crippen LogP contribution in [0.5, 0.6) is 0 Å². The van der Waals surface area contributed by atoms with Gasteiger partial charge in [-0.15, -0.1) is 0 Å². The molecule has 2 heteroatoms. The standard InChI is InChI=1S/C15H21NO/c1-11-6-5-8-13(10-11)15(17)16-14-9-4-3-7-12(14)2/h5-6,8,10,12,14H,3-4,7,9H2,1-2H3,(H,16,17)/t12-,14-/m0/s1. The second kappa shape index (κ2) is 5.35. The number of amides is 1. The molecule has 0 aromatic heterocycles. The van der Waals surface area contributed by atoms with Crippen LogP contribution in [0.1, 0.15) is 48.5 Å². The minimum Gasteiger partial charge on any atom is -0.349 e. The molecular formula is C15H21NO. The molecule has 0 aliphatic heterocycles. The number of carbonyl (C=O) groups is 1. The highest BCUT2D eigenvalue weighted by atomic mass is 16.1. The minimum atomic E-state index is 0.0763. The van der Waals surface area contributed by atoms with Gasteiger partial charge in [-0.2, -0.15) is 0 Å². The third-order valence-electron chi connectivity index (χ3n) is 3.71. The first-order valence-corrected chi connectivity index (χ1v) is 6.54. The molecule has 1 N–H and O–H groups in total. The lowest BCUT2D eigenvalue weighted by atomic mass is 9.86. The monoisotopic (exact) mass is 231 g/mol. The summed E-state index contributed by atoms with van der Waals surface area (Å²) in [6.07, 6.45) is 4.90. The number of aryl methyl sites for hydroxylation is 1. The Bertz CT molecular complexity index is 400. The third kappa shape index (κ3) is 3.09. The van der Waals surface area contributed by atoms with E-state index in [0.717, 1.165) is 17.5 Å². The maximum atomic E-state index is 12.1. The molecule has 0 unspecified atom stereocenters. The molecule has 0 saturated heterocycles. The first-order valence-electron chi connectivity index (χ1n) is 6.54. The topological polar surface area (TPSA) is 29.1 Å². The summed E-state index contributed by atoms with van der Waals surface area (Å²) in [5.74, 6) is 0.685. The van der Waals surface area contributed by atoms with Crippen LogP contribution < -0.4 is 5.32 Å². The van der Waals surface area contributed by atoms with E-state index in [2.05, 4.69) is 12.2 Å². The zero-order chi connectivity index (χ0) is 12.3. The van der Waals surface area contributed by atoms with Gasteiger partial charge >= 0.3 is 0 Å². The van der Waals surface area contributed by atoms with E-state index in [1.807, 2.05) is 31.2 Å². The van der Waals surface area contributed by atoms with Crippen molar-refractivity contribution in [2.24, 2.45) is 5.92 Å². The van der Waals surface area contributed by atoms with Gasteiger partial charge in [0.05, 0.1) is 0 Å². The molecule has 2 atom stereocenters. The van der Waals surface area contributed by atoms with Gasteiger partial charge in [0.15, 0.2) is 0 Å². The van der Waals surface area contributed by atoms with Crippen molar-refractivity contribution in [3.63, 3.8) is 0 Å². The van der Waals surface area contributed by atoms with Gasteiger partial charge in [0.1, 0.15) is 0 Å². The number of nitrogens with one attached hydrogen (secondary N) is 1. The Balaban J connectivity index is 2.01. The van der Waals surface area contributed by atoms with Crippen LogP contribution in [0.15, 0.2) is 24.3 Å². The smallest absolute Gasteiger partial charge is 0.251 e. The number of hydrogen-bond acceptors (Lipinski definition) is 1. The highest BCUT2D eigenvalue weighted by Gasteiger charge is 2.23. The lowest BCUT2D eigenvalue weighted by molar-refractivity contribution is 0.0910. The molecule has 1 amide bonds. The Kier molecular flexibility index (Phi) is 3.82. The lowest BCUT2D eigenvalue weighted by Gasteiger charge is -2.29. The molecule has 1 saturated carbocycles. The Morgan fingerprint density at radius 3 is 2.76 bits per heavy atom. The second-order valence-corrected chi connectivity index (χ2v) is 5.21. The highest BCUT2D eigenvalue weighted by Crippen LogP contribution is 2.24. The van der Waals surface area contributed by atoms with E-state index < -0.39 is 0 Å². The van der Waals surface area contributed by atoms with Crippen LogP contribution in [-0.2, 0) is 0 Å². The normalized spacial score (nSPS) is 24.4. The molecule has 0 radical (unpaired) electrons. The molecule has 1 aliphatic carbocycles. The maximum Gasteiger partial charge on any atom is 0.251 e. The summed E-state index contributed by atoms with van der Waals surface area (Å²) in [5, 5.41) is 3.17. The van der Waals surface area contributed by atoms with Gasteiger partial charge in [0, 0.05) is 11.6 Å². The Hall–Kier alpha value is -1.31. The van der Waals surface area contributed by atoms with E-state index in [4.69, 9.17) is 0 Å². The molecule has 0 spiro atoms. The molecule has 92 valence electrons. The maximum absolute atomic E-state index is 12.1. The first kappa shape index (κ1) is 12.2. The van der Waals surface area contributed by atoms with Crippen LogP contribution in [0, 0.1) is 12.8 Å². The van der Waals surface area contributed by atoms with Crippen molar-refractivity contribution in [3.05, 3.63) is 35.4 Å². The van der Waals surface area contributed by atoms with Gasteiger partial charge in [-0.1, -0.05) is 37.5 Å². The Labute approximate surface area is 103 Å². The van der Waals surface area contributed by atoms with Crippen molar-refractivity contribution in [2.45, 2.75) is 45.6 Å². The van der Waals surface area contributed by atoms with Gasteiger partial charge in [0.2, 0.25) is 0 Å². The minimum absolute atomic E-state index is 0.0763. The predicted molar refractivity (Wildman–Crippen MR) is 70.1 cm³/mol. The van der Waals surface area contributed by atoms with Crippen LogP contribution in [-0.4, -0.2) is 11.9 Å². The summed E-state index contributed by atoms with van der Waals surface area (Å²) in [6.45, 7) is 4.25. The molecule has 1 aliphatic rings. The van der Waals surface area contributed by atoms with Crippen LogP contribution >= 0.6 is 0 Å². The molecule has 1 aromatic carbocycles. The summed E-state index contributed by atoms with van der Waals surface area (Å²) in [7, 11) is 0. The van der Waals surface area contributed by atoms with Crippen molar-refractivity contribution >= 4 is 5.91 Å². The van der Waals surface area contributed by atoms with Crippen molar-refractivity contribution < 1.29 is 4.79 Å². The lowest BCUT2D eigenvalue weighted by Crippen LogP contribution is -2.41. The summed E-state index contributed by atoms with van der Waals surface area (Å²) >= 11 is 0. The van der Waals surface area contributed by atoms with Gasteiger partial charge in [-0.05, 0) is 37.8 Å². The van der Waals surface area contributed by atoms with E-state index in [1.165, 1.54) is 19.3 Å². The number of hydrogen-bond donors (Lipinski definition) is 1. The molecule has 2 nitrogen and oxygen atoms in total. The van der Waals surface area contributed by atoms with E-state index in [0.29, 0.717) is 12.0 Å². The van der Waals surface area contributed by atoms with Crippen molar-refractivity contribution in [1.82, 2.24) is 5.32 Å². The zero-order valence-corrected chi connectivity index (χ0v) is 10.7. The third-order valence-corrected chi connectivity index (χ3v) is 3.71. The van der Waals surface area contributed by atoms with Crippen molar-refractivity contribution in [2.75, 3.05) is 0 Å². The molecular weight excluding hydrogens is 210 g/mol. The van der Waals surface area contributed by atoms with Gasteiger partial charge in [-0.25, -0.2) is 0 Å². The average molecular weight is 231 g/mol. The fourth-order valence-electron chi connectivity index (χ4n) is 2.57. The highest BCUT2D eigenvalue weighted by molar-refractivity contribution is 5.94. The van der Waals surface area contributed by atoms with Crippen LogP contribution in [0.2, 0.25) is 0 Å². The molecule has 0 bridgehead atoms. The van der Waals surface area contributed by atoms with Crippen LogP contribution in [0.4, 0.5) is 0 Å². The van der Waals surface area contributed by atoms with E-state index in [1.54, 1.807) is 0 Å². The number of rotatable bonds is 2. The molecule has 17 heavy (non-hydrogen) atoms. The van der Waals surface area contributed by atoms with E-state index in [-0.39, 0.29) is 5.91 Å². The largest absolute Gasteiger partial charge is 0.349 e. The van der Waals surface area contributed by atoms with Crippen molar-refractivity contribution in [1.29, 1.82) is 0 Å². The van der Waals surface area contributed by atoms with Crippen molar-refractivity contribution in [3.8, 4) is 0 Å². The molecule has 1 aromatic rings. The summed E-state index contributed by atoms with van der Waals surface area (Å²) in [5.41, 5.74) is 1.91. The summed E-state index contributed by atoms with van der Waals surface area (Å²) < 4.78 is 0. The van der Waals surface area contributed by atoms with Crippen LogP contribution in [0.25, 0.3) is 0 Å².